The number of aryl methyl sites for hydroxylation is 2. The molecule has 0 spiro atoms. The predicted molar refractivity (Wildman–Crippen MR) is 125 cm³/mol. The van der Waals surface area contributed by atoms with Crippen LogP contribution in [0.4, 0.5) is 35.1 Å². The minimum Gasteiger partial charge on any atom is -0.384 e. The maximum absolute atomic E-state index is 14.7. The van der Waals surface area contributed by atoms with E-state index in [1.165, 1.54) is 0 Å². The Hall–Kier alpha value is -3.92. The van der Waals surface area contributed by atoms with Crippen molar-refractivity contribution >= 4 is 34.5 Å². The molecule has 0 radical (unpaired) electrons. The number of rotatable bonds is 4. The largest absolute Gasteiger partial charge is 0.419 e. The van der Waals surface area contributed by atoms with E-state index in [1.807, 2.05) is 17.6 Å². The summed E-state index contributed by atoms with van der Waals surface area (Å²) < 4.78 is 54.7. The minimum atomic E-state index is -4.54. The Morgan fingerprint density at radius 3 is 2.64 bits per heavy atom. The molecule has 1 aliphatic rings. The molecule has 1 fully saturated rings. The van der Waals surface area contributed by atoms with E-state index >= 15 is 0 Å². The van der Waals surface area contributed by atoms with Gasteiger partial charge in [-0.1, -0.05) is 5.92 Å². The Labute approximate surface area is 203 Å². The third kappa shape index (κ3) is 5.49. The number of aromatic nitrogens is 4. The summed E-state index contributed by atoms with van der Waals surface area (Å²) in [7, 11) is 1.79. The number of carbonyl (C=O) groups is 1. The fraction of sp³-hybridized carbons (Fsp3) is 0.391. The van der Waals surface area contributed by atoms with E-state index in [-0.39, 0.29) is 18.9 Å². The van der Waals surface area contributed by atoms with Crippen LogP contribution in [0.1, 0.15) is 17.5 Å². The molecular formula is C23H23F4N7O2. The van der Waals surface area contributed by atoms with Gasteiger partial charge in [-0.25, -0.2) is 19.3 Å². The molecule has 190 valence electrons. The average Bonchev–Trinajstić information content (AvgIpc) is 3.12. The van der Waals surface area contributed by atoms with E-state index < -0.39 is 36.5 Å². The highest BCUT2D eigenvalue weighted by molar-refractivity contribution is 6.05. The zero-order valence-electron chi connectivity index (χ0n) is 19.4. The molecule has 3 heterocycles. The van der Waals surface area contributed by atoms with Gasteiger partial charge >= 0.3 is 6.18 Å². The fourth-order valence-electron chi connectivity index (χ4n) is 4.06. The van der Waals surface area contributed by atoms with Gasteiger partial charge in [0.05, 0.1) is 23.1 Å². The number of aliphatic hydroxyl groups excluding tert-OH is 1. The van der Waals surface area contributed by atoms with Crippen LogP contribution in [-0.4, -0.2) is 62.4 Å². The van der Waals surface area contributed by atoms with Crippen LogP contribution >= 0.6 is 0 Å². The lowest BCUT2D eigenvalue weighted by molar-refractivity contribution is -0.138. The Bertz CT molecular complexity index is 1330. The number of hydrogen-bond donors (Lipinski definition) is 3. The van der Waals surface area contributed by atoms with Gasteiger partial charge in [0.2, 0.25) is 11.9 Å². The van der Waals surface area contributed by atoms with Crippen LogP contribution in [-0.2, 0) is 18.0 Å². The van der Waals surface area contributed by atoms with Crippen molar-refractivity contribution in [1.29, 1.82) is 0 Å². The van der Waals surface area contributed by atoms with Crippen LogP contribution in [0.5, 0.6) is 0 Å². The first-order chi connectivity index (χ1) is 17.0. The number of piperidine rings is 1. The summed E-state index contributed by atoms with van der Waals surface area (Å²) >= 11 is 0. The van der Waals surface area contributed by atoms with Gasteiger partial charge in [-0.05, 0) is 30.5 Å². The summed E-state index contributed by atoms with van der Waals surface area (Å²) in [6.07, 6.45) is -4.26. The lowest BCUT2D eigenvalue weighted by Crippen LogP contribution is -2.48. The van der Waals surface area contributed by atoms with Crippen molar-refractivity contribution in [1.82, 2.24) is 19.5 Å². The molecule has 13 heteroatoms. The second-order valence-corrected chi connectivity index (χ2v) is 8.41. The Kier molecular flexibility index (Phi) is 6.98. The maximum atomic E-state index is 14.7. The molecule has 36 heavy (non-hydrogen) atoms. The first-order valence-corrected chi connectivity index (χ1v) is 11.0. The van der Waals surface area contributed by atoms with Crippen LogP contribution in [0.2, 0.25) is 0 Å². The lowest BCUT2D eigenvalue weighted by atomic mass is 10.0. The molecule has 0 unspecified atom stereocenters. The van der Waals surface area contributed by atoms with Crippen molar-refractivity contribution in [2.24, 2.45) is 7.05 Å². The first kappa shape index (κ1) is 25.2. The first-order valence-electron chi connectivity index (χ1n) is 11.0. The number of anilines is 3. The molecule has 1 aliphatic heterocycles. The number of nitrogens with one attached hydrogen (secondary N) is 2. The van der Waals surface area contributed by atoms with E-state index in [0.717, 1.165) is 11.1 Å². The molecule has 0 saturated carbocycles. The van der Waals surface area contributed by atoms with Gasteiger partial charge in [0.25, 0.3) is 5.91 Å². The summed E-state index contributed by atoms with van der Waals surface area (Å²) in [5, 5.41) is 14.3. The van der Waals surface area contributed by atoms with Crippen molar-refractivity contribution in [2.45, 2.75) is 31.7 Å². The second-order valence-electron chi connectivity index (χ2n) is 8.41. The monoisotopic (exact) mass is 505 g/mol. The summed E-state index contributed by atoms with van der Waals surface area (Å²) in [6, 6.07) is 3.06. The number of hydrogen-bond acceptors (Lipinski definition) is 7. The van der Waals surface area contributed by atoms with Crippen molar-refractivity contribution in [3.63, 3.8) is 0 Å². The predicted octanol–water partition coefficient (Wildman–Crippen LogP) is 2.65. The highest BCUT2D eigenvalue weighted by atomic mass is 19.4. The summed E-state index contributed by atoms with van der Waals surface area (Å²) in [5.41, 5.74) is 1.63. The highest BCUT2D eigenvalue weighted by Gasteiger charge is 2.33. The number of benzene rings is 1. The molecule has 3 aromatic rings. The Morgan fingerprint density at radius 1 is 1.25 bits per heavy atom. The van der Waals surface area contributed by atoms with Gasteiger partial charge in [-0.15, -0.1) is 0 Å². The number of fused-ring (bicyclic) bond motifs is 1. The zero-order chi connectivity index (χ0) is 26.0. The van der Waals surface area contributed by atoms with Crippen LogP contribution in [0.25, 0.3) is 11.0 Å². The molecule has 3 N–H and O–H groups in total. The number of nitrogens with zero attached hydrogens (tertiary/aromatic N) is 5. The molecule has 1 saturated heterocycles. The van der Waals surface area contributed by atoms with E-state index in [4.69, 9.17) is 5.11 Å². The highest BCUT2D eigenvalue weighted by Crippen LogP contribution is 2.30. The smallest absolute Gasteiger partial charge is 0.384 e. The van der Waals surface area contributed by atoms with Gasteiger partial charge in [0.1, 0.15) is 12.8 Å². The van der Waals surface area contributed by atoms with Gasteiger partial charge in [-0.3, -0.25) is 4.79 Å². The standard InChI is InChI=1S/C23H23F4N7O2/c1-13-6-19-18(8-17(13)31-20(36)4-3-5-35)32-22(33(19)2)34-11-15(24)7-16(12-34)30-21-28-9-14(10-29-21)23(25,26)27/h6,8-10,15-16,35H,5,7,11-12H2,1-2H3,(H,31,36)(H,28,29,30)/t15-,16-/m1/s1. The summed E-state index contributed by atoms with van der Waals surface area (Å²) in [4.78, 5) is 25.7. The Balaban J connectivity index is 1.54. The lowest BCUT2D eigenvalue weighted by Gasteiger charge is -2.35. The number of imidazole rings is 1. The SMILES string of the molecule is Cc1cc2c(cc1NC(=O)C#CCO)nc(N1C[C@H](F)C[C@@H](Nc3ncc(C(F)(F)F)cn3)C1)n2C. The average molecular weight is 505 g/mol. The summed E-state index contributed by atoms with van der Waals surface area (Å²) in [6.45, 7) is 1.79. The zero-order valence-corrected chi connectivity index (χ0v) is 19.4. The number of alkyl halides is 4. The van der Waals surface area contributed by atoms with Crippen LogP contribution in [0.15, 0.2) is 24.5 Å². The van der Waals surface area contributed by atoms with Crippen molar-refractivity contribution in [3.05, 3.63) is 35.7 Å². The van der Waals surface area contributed by atoms with Crippen LogP contribution < -0.4 is 15.5 Å². The van der Waals surface area contributed by atoms with E-state index in [0.29, 0.717) is 36.1 Å². The molecule has 0 aliphatic carbocycles. The van der Waals surface area contributed by atoms with E-state index in [1.54, 1.807) is 18.0 Å². The van der Waals surface area contributed by atoms with Crippen molar-refractivity contribution in [2.75, 3.05) is 35.2 Å². The maximum Gasteiger partial charge on any atom is 0.419 e. The number of halogens is 4. The number of carbonyl (C=O) groups excluding carboxylic acids is 1. The molecule has 0 bridgehead atoms. The van der Waals surface area contributed by atoms with E-state index in [2.05, 4.69) is 37.4 Å². The topological polar surface area (TPSA) is 108 Å². The third-order valence-corrected chi connectivity index (χ3v) is 5.73. The van der Waals surface area contributed by atoms with Crippen molar-refractivity contribution < 1.29 is 27.5 Å². The van der Waals surface area contributed by atoms with Crippen molar-refractivity contribution in [3.8, 4) is 11.8 Å². The fourth-order valence-corrected chi connectivity index (χ4v) is 4.06. The Morgan fingerprint density at radius 2 is 1.97 bits per heavy atom. The quantitative estimate of drug-likeness (QED) is 0.370. The normalized spacial score (nSPS) is 18.0. The molecule has 2 atom stereocenters. The second kappa shape index (κ2) is 9.98. The molecule has 1 aromatic carbocycles. The van der Waals surface area contributed by atoms with Crippen LogP contribution in [0.3, 0.4) is 0 Å². The third-order valence-electron chi connectivity index (χ3n) is 5.73. The van der Waals surface area contributed by atoms with Crippen LogP contribution in [0, 0.1) is 18.8 Å². The molecule has 4 rings (SSSR count). The molecular weight excluding hydrogens is 482 g/mol. The number of amides is 1. The molecule has 9 nitrogen and oxygen atoms in total. The molecule has 2 aromatic heterocycles. The minimum absolute atomic E-state index is 0.0210. The van der Waals surface area contributed by atoms with Gasteiger partial charge in [0.15, 0.2) is 0 Å². The van der Waals surface area contributed by atoms with Gasteiger partial charge in [-0.2, -0.15) is 13.2 Å². The van der Waals surface area contributed by atoms with E-state index in [9.17, 15) is 22.4 Å². The molecule has 1 amide bonds. The van der Waals surface area contributed by atoms with Gasteiger partial charge in [0, 0.05) is 44.1 Å². The van der Waals surface area contributed by atoms with Gasteiger partial charge < -0.3 is 25.2 Å². The number of aliphatic hydroxyl groups is 1. The summed E-state index contributed by atoms with van der Waals surface area (Å²) in [5.74, 6) is 4.45.